The van der Waals surface area contributed by atoms with Crippen molar-refractivity contribution in [1.82, 2.24) is 19.7 Å². The number of thiophene rings is 1. The van der Waals surface area contributed by atoms with Crippen LogP contribution in [0.2, 0.25) is 0 Å². The Bertz CT molecular complexity index is 1110. The summed E-state index contributed by atoms with van der Waals surface area (Å²) < 4.78 is 12.4. The number of aromatic nitrogens is 4. The summed E-state index contributed by atoms with van der Waals surface area (Å²) in [6, 6.07) is 9.65. The largest absolute Gasteiger partial charge is 0.497 e. The van der Waals surface area contributed by atoms with E-state index in [0.717, 1.165) is 16.2 Å². The average Bonchev–Trinajstić information content (AvgIpc) is 3.31. The summed E-state index contributed by atoms with van der Waals surface area (Å²) >= 11 is 1.42. The van der Waals surface area contributed by atoms with E-state index >= 15 is 0 Å². The minimum Gasteiger partial charge on any atom is -0.497 e. The highest BCUT2D eigenvalue weighted by Gasteiger charge is 2.13. The lowest BCUT2D eigenvalue weighted by Gasteiger charge is -2.00. The van der Waals surface area contributed by atoms with Gasteiger partial charge in [0.05, 0.1) is 19.0 Å². The molecule has 4 rings (SSSR count). The van der Waals surface area contributed by atoms with E-state index in [4.69, 9.17) is 9.26 Å². The van der Waals surface area contributed by atoms with Gasteiger partial charge in [-0.25, -0.2) is 4.98 Å². The molecule has 3 aromatic heterocycles. The third-order valence-electron chi connectivity index (χ3n) is 4.01. The molecule has 3 heterocycles. The molecule has 0 amide bonds. The van der Waals surface area contributed by atoms with Crippen LogP contribution < -0.4 is 10.3 Å². The zero-order chi connectivity index (χ0) is 18.1. The molecule has 0 aliphatic carbocycles. The SMILES string of the molecule is CCc1noc(Cn2cnc3cc(-c4ccc(OC)cc4)sc3c2=O)n1. The maximum Gasteiger partial charge on any atom is 0.271 e. The number of benzene rings is 1. The Labute approximate surface area is 152 Å². The molecule has 8 heteroatoms. The lowest BCUT2D eigenvalue weighted by atomic mass is 10.2. The summed E-state index contributed by atoms with van der Waals surface area (Å²) in [5.41, 5.74) is 1.59. The highest BCUT2D eigenvalue weighted by atomic mass is 32.1. The molecule has 0 saturated carbocycles. The molecule has 0 aliphatic heterocycles. The third kappa shape index (κ3) is 2.99. The van der Waals surface area contributed by atoms with Gasteiger partial charge >= 0.3 is 0 Å². The van der Waals surface area contributed by atoms with Gasteiger partial charge in [-0.3, -0.25) is 9.36 Å². The molecule has 0 N–H and O–H groups in total. The maximum atomic E-state index is 12.8. The van der Waals surface area contributed by atoms with Crippen LogP contribution in [0.5, 0.6) is 5.75 Å². The zero-order valence-electron chi connectivity index (χ0n) is 14.3. The van der Waals surface area contributed by atoms with Crippen LogP contribution in [-0.4, -0.2) is 26.8 Å². The second-order valence-corrected chi connectivity index (χ2v) is 6.74. The van der Waals surface area contributed by atoms with Crippen molar-refractivity contribution in [2.75, 3.05) is 7.11 Å². The summed E-state index contributed by atoms with van der Waals surface area (Å²) in [6.45, 7) is 2.16. The first-order valence-corrected chi connectivity index (χ1v) is 8.94. The number of methoxy groups -OCH3 is 1. The van der Waals surface area contributed by atoms with E-state index in [2.05, 4.69) is 15.1 Å². The van der Waals surface area contributed by atoms with Gasteiger partial charge in [0, 0.05) is 11.3 Å². The topological polar surface area (TPSA) is 83.0 Å². The predicted octanol–water partition coefficient (Wildman–Crippen LogP) is 3.13. The first kappa shape index (κ1) is 16.5. The second-order valence-electron chi connectivity index (χ2n) is 5.69. The third-order valence-corrected chi connectivity index (χ3v) is 5.17. The zero-order valence-corrected chi connectivity index (χ0v) is 15.1. The van der Waals surface area contributed by atoms with Crippen molar-refractivity contribution < 1.29 is 9.26 Å². The molecule has 26 heavy (non-hydrogen) atoms. The van der Waals surface area contributed by atoms with Crippen LogP contribution >= 0.6 is 11.3 Å². The van der Waals surface area contributed by atoms with Gasteiger partial charge in [-0.05, 0) is 35.9 Å². The molecule has 0 bridgehead atoms. The van der Waals surface area contributed by atoms with Gasteiger partial charge in [0.25, 0.3) is 5.56 Å². The number of hydrogen-bond acceptors (Lipinski definition) is 7. The fourth-order valence-electron chi connectivity index (χ4n) is 2.60. The van der Waals surface area contributed by atoms with Crippen molar-refractivity contribution in [2.24, 2.45) is 0 Å². The number of ether oxygens (including phenoxy) is 1. The Hall–Kier alpha value is -3.00. The minimum atomic E-state index is -0.115. The highest BCUT2D eigenvalue weighted by molar-refractivity contribution is 7.22. The van der Waals surface area contributed by atoms with Crippen molar-refractivity contribution in [3.05, 3.63) is 58.7 Å². The minimum absolute atomic E-state index is 0.115. The number of hydrogen-bond donors (Lipinski definition) is 0. The number of fused-ring (bicyclic) bond motifs is 1. The van der Waals surface area contributed by atoms with Crippen molar-refractivity contribution in [3.63, 3.8) is 0 Å². The predicted molar refractivity (Wildman–Crippen MR) is 98.6 cm³/mol. The van der Waals surface area contributed by atoms with Crippen molar-refractivity contribution in [1.29, 1.82) is 0 Å². The molecule has 0 spiro atoms. The van der Waals surface area contributed by atoms with E-state index in [-0.39, 0.29) is 12.1 Å². The molecule has 132 valence electrons. The Morgan fingerprint density at radius 2 is 2.08 bits per heavy atom. The van der Waals surface area contributed by atoms with E-state index in [9.17, 15) is 4.79 Å². The van der Waals surface area contributed by atoms with Crippen LogP contribution in [0.1, 0.15) is 18.6 Å². The fourth-order valence-corrected chi connectivity index (χ4v) is 3.66. The molecule has 0 aliphatic rings. The highest BCUT2D eigenvalue weighted by Crippen LogP contribution is 2.31. The van der Waals surface area contributed by atoms with E-state index < -0.39 is 0 Å². The lowest BCUT2D eigenvalue weighted by molar-refractivity contribution is 0.365. The second kappa shape index (κ2) is 6.72. The van der Waals surface area contributed by atoms with Gasteiger partial charge in [-0.2, -0.15) is 4.98 Å². The van der Waals surface area contributed by atoms with E-state index in [0.29, 0.717) is 28.4 Å². The Morgan fingerprint density at radius 1 is 1.27 bits per heavy atom. The van der Waals surface area contributed by atoms with Gasteiger partial charge < -0.3 is 9.26 Å². The van der Waals surface area contributed by atoms with Crippen molar-refractivity contribution in [2.45, 2.75) is 19.9 Å². The van der Waals surface area contributed by atoms with Crippen LogP contribution in [0.15, 0.2) is 46.0 Å². The lowest BCUT2D eigenvalue weighted by Crippen LogP contribution is -2.20. The van der Waals surface area contributed by atoms with Gasteiger partial charge in [0.1, 0.15) is 17.0 Å². The van der Waals surface area contributed by atoms with Gasteiger partial charge in [0.2, 0.25) is 5.89 Å². The number of rotatable bonds is 5. The molecule has 0 radical (unpaired) electrons. The Balaban J connectivity index is 1.69. The molecular weight excluding hydrogens is 352 g/mol. The van der Waals surface area contributed by atoms with E-state index in [1.54, 1.807) is 7.11 Å². The maximum absolute atomic E-state index is 12.8. The van der Waals surface area contributed by atoms with Crippen molar-refractivity contribution in [3.8, 4) is 16.2 Å². The number of aryl methyl sites for hydroxylation is 1. The molecule has 1 aromatic carbocycles. The summed E-state index contributed by atoms with van der Waals surface area (Å²) in [4.78, 5) is 22.4. The van der Waals surface area contributed by atoms with Gasteiger partial charge in [-0.15, -0.1) is 11.3 Å². The van der Waals surface area contributed by atoms with Crippen LogP contribution in [-0.2, 0) is 13.0 Å². The molecule has 0 fully saturated rings. The van der Waals surface area contributed by atoms with E-state index in [1.165, 1.54) is 22.2 Å². The first-order valence-electron chi connectivity index (χ1n) is 8.13. The van der Waals surface area contributed by atoms with Gasteiger partial charge in [0.15, 0.2) is 5.82 Å². The quantitative estimate of drug-likeness (QED) is 0.538. The molecule has 0 unspecified atom stereocenters. The summed E-state index contributed by atoms with van der Waals surface area (Å²) in [7, 11) is 1.63. The van der Waals surface area contributed by atoms with E-state index in [1.807, 2.05) is 37.3 Å². The average molecular weight is 368 g/mol. The standard InChI is InChI=1S/C18H16N4O3S/c1-3-15-20-16(25-21-15)9-22-10-19-13-8-14(26-17(13)18(22)23)11-4-6-12(24-2)7-5-11/h4-8,10H,3,9H2,1-2H3. The molecule has 7 nitrogen and oxygen atoms in total. The first-order chi connectivity index (χ1) is 12.7. The number of nitrogens with zero attached hydrogens (tertiary/aromatic N) is 4. The summed E-state index contributed by atoms with van der Waals surface area (Å²) in [5.74, 6) is 1.82. The fraction of sp³-hybridized carbons (Fsp3) is 0.222. The summed E-state index contributed by atoms with van der Waals surface area (Å²) in [6.07, 6.45) is 2.21. The molecule has 4 aromatic rings. The monoisotopic (exact) mass is 368 g/mol. The van der Waals surface area contributed by atoms with Crippen molar-refractivity contribution >= 4 is 21.6 Å². The summed E-state index contributed by atoms with van der Waals surface area (Å²) in [5, 5.41) is 3.85. The van der Waals surface area contributed by atoms with Gasteiger partial charge in [-0.1, -0.05) is 12.1 Å². The van der Waals surface area contributed by atoms with Crippen LogP contribution in [0.3, 0.4) is 0 Å². The smallest absolute Gasteiger partial charge is 0.271 e. The normalized spacial score (nSPS) is 11.2. The van der Waals surface area contributed by atoms with Crippen LogP contribution in [0, 0.1) is 0 Å². The molecule has 0 saturated heterocycles. The Morgan fingerprint density at radius 3 is 2.77 bits per heavy atom. The van der Waals surface area contributed by atoms with Crippen LogP contribution in [0.25, 0.3) is 20.7 Å². The van der Waals surface area contributed by atoms with Crippen LogP contribution in [0.4, 0.5) is 0 Å². The molecular formula is C18H16N4O3S. The molecule has 0 atom stereocenters. The Kier molecular flexibility index (Phi) is 4.26.